The van der Waals surface area contributed by atoms with E-state index in [1.807, 2.05) is 20.9 Å². The van der Waals surface area contributed by atoms with Crippen LogP contribution in [0.25, 0.3) is 0 Å². The Hall–Kier alpha value is -1.55. The van der Waals surface area contributed by atoms with Gasteiger partial charge in [-0.15, -0.1) is 0 Å². The zero-order chi connectivity index (χ0) is 14.4. The number of methoxy groups -OCH3 is 2. The molecule has 0 amide bonds. The first-order chi connectivity index (χ1) is 9.04. The molecule has 0 fully saturated rings. The number of hydrogen-bond donors (Lipinski definition) is 1. The van der Waals surface area contributed by atoms with Crippen LogP contribution >= 0.6 is 0 Å². The van der Waals surface area contributed by atoms with Gasteiger partial charge in [-0.2, -0.15) is 0 Å². The molecule has 0 radical (unpaired) electrons. The second-order valence-corrected chi connectivity index (χ2v) is 4.84. The summed E-state index contributed by atoms with van der Waals surface area (Å²) in [5, 5.41) is 3.07. The predicted octanol–water partition coefficient (Wildman–Crippen LogP) is 2.38. The summed E-state index contributed by atoms with van der Waals surface area (Å²) in [4.78, 5) is 12.6. The lowest BCUT2D eigenvalue weighted by Gasteiger charge is -2.20. The molecule has 0 saturated carbocycles. The summed E-state index contributed by atoms with van der Waals surface area (Å²) in [5.41, 5.74) is 0.579. The Morgan fingerprint density at radius 3 is 2.42 bits per heavy atom. The Morgan fingerprint density at radius 2 is 1.95 bits per heavy atom. The molecule has 1 N–H and O–H groups in total. The van der Waals surface area contributed by atoms with Gasteiger partial charge in [-0.25, -0.2) is 0 Å². The molecule has 0 aliphatic rings. The minimum atomic E-state index is -0.0778. The summed E-state index contributed by atoms with van der Waals surface area (Å²) in [7, 11) is 5.01. The fourth-order valence-electron chi connectivity index (χ4n) is 2.06. The van der Waals surface area contributed by atoms with E-state index in [-0.39, 0.29) is 17.6 Å². The normalized spacial score (nSPS) is 12.3. The maximum atomic E-state index is 12.6. The Kier molecular flexibility index (Phi) is 5.83. The van der Waals surface area contributed by atoms with Gasteiger partial charge >= 0.3 is 0 Å². The molecule has 1 atom stereocenters. The van der Waals surface area contributed by atoms with Crippen LogP contribution in [0, 0.1) is 11.8 Å². The topological polar surface area (TPSA) is 47.6 Å². The Bertz CT molecular complexity index is 429. The number of ether oxygens (including phenoxy) is 2. The Labute approximate surface area is 115 Å². The summed E-state index contributed by atoms with van der Waals surface area (Å²) in [6.45, 7) is 4.75. The van der Waals surface area contributed by atoms with Crippen molar-refractivity contribution in [2.45, 2.75) is 13.8 Å². The van der Waals surface area contributed by atoms with Crippen molar-refractivity contribution in [1.29, 1.82) is 0 Å². The Balaban J connectivity index is 3.14. The SMILES string of the molecule is CNCC(C(=O)c1cc(OC)ccc1OC)C(C)C. The Morgan fingerprint density at radius 1 is 1.26 bits per heavy atom. The highest BCUT2D eigenvalue weighted by Crippen LogP contribution is 2.28. The minimum Gasteiger partial charge on any atom is -0.497 e. The molecule has 0 aromatic heterocycles. The van der Waals surface area contributed by atoms with E-state index < -0.39 is 0 Å². The molecule has 1 aromatic rings. The molecule has 106 valence electrons. The second kappa shape index (κ2) is 7.14. The summed E-state index contributed by atoms with van der Waals surface area (Å²) < 4.78 is 10.5. The minimum absolute atomic E-state index is 0.0778. The molecule has 0 bridgehead atoms. The van der Waals surface area contributed by atoms with Gasteiger partial charge in [-0.05, 0) is 31.2 Å². The van der Waals surface area contributed by atoms with E-state index in [1.54, 1.807) is 32.4 Å². The molecular weight excluding hydrogens is 242 g/mol. The number of carbonyl (C=O) groups is 1. The van der Waals surface area contributed by atoms with Crippen LogP contribution in [0.1, 0.15) is 24.2 Å². The zero-order valence-corrected chi connectivity index (χ0v) is 12.3. The fraction of sp³-hybridized carbons (Fsp3) is 0.533. The molecule has 0 spiro atoms. The first-order valence-corrected chi connectivity index (χ1v) is 6.46. The molecule has 0 saturated heterocycles. The van der Waals surface area contributed by atoms with Crippen LogP contribution in [-0.2, 0) is 0 Å². The first-order valence-electron chi connectivity index (χ1n) is 6.46. The fourth-order valence-corrected chi connectivity index (χ4v) is 2.06. The molecule has 0 aliphatic heterocycles. The van der Waals surface area contributed by atoms with Gasteiger partial charge in [0, 0.05) is 12.5 Å². The number of hydrogen-bond acceptors (Lipinski definition) is 4. The van der Waals surface area contributed by atoms with Crippen molar-refractivity contribution in [1.82, 2.24) is 5.32 Å². The molecule has 1 unspecified atom stereocenters. The van der Waals surface area contributed by atoms with E-state index in [1.165, 1.54) is 0 Å². The van der Waals surface area contributed by atoms with Gasteiger partial charge in [0.15, 0.2) is 5.78 Å². The third-order valence-electron chi connectivity index (χ3n) is 3.24. The molecule has 19 heavy (non-hydrogen) atoms. The van der Waals surface area contributed by atoms with Crippen molar-refractivity contribution < 1.29 is 14.3 Å². The largest absolute Gasteiger partial charge is 0.497 e. The highest BCUT2D eigenvalue weighted by Gasteiger charge is 2.25. The zero-order valence-electron chi connectivity index (χ0n) is 12.3. The van der Waals surface area contributed by atoms with Gasteiger partial charge < -0.3 is 14.8 Å². The highest BCUT2D eigenvalue weighted by atomic mass is 16.5. The van der Waals surface area contributed by atoms with Crippen LogP contribution < -0.4 is 14.8 Å². The molecule has 4 heteroatoms. The number of nitrogens with one attached hydrogen (secondary N) is 1. The van der Waals surface area contributed by atoms with Crippen LogP contribution in [0.4, 0.5) is 0 Å². The predicted molar refractivity (Wildman–Crippen MR) is 76.1 cm³/mol. The van der Waals surface area contributed by atoms with Gasteiger partial charge in [0.1, 0.15) is 11.5 Å². The molecular formula is C15H23NO3. The maximum absolute atomic E-state index is 12.6. The van der Waals surface area contributed by atoms with E-state index in [2.05, 4.69) is 5.32 Å². The summed E-state index contributed by atoms with van der Waals surface area (Å²) in [5.74, 6) is 1.52. The lowest BCUT2D eigenvalue weighted by molar-refractivity contribution is 0.0882. The van der Waals surface area contributed by atoms with Crippen molar-refractivity contribution in [3.8, 4) is 11.5 Å². The van der Waals surface area contributed by atoms with E-state index in [0.717, 1.165) is 0 Å². The van der Waals surface area contributed by atoms with Gasteiger partial charge in [-0.3, -0.25) is 4.79 Å². The summed E-state index contributed by atoms with van der Waals surface area (Å²) in [6.07, 6.45) is 0. The third kappa shape index (κ3) is 3.70. The number of ketones is 1. The number of rotatable bonds is 7. The van der Waals surface area contributed by atoms with Crippen LogP contribution in [0.15, 0.2) is 18.2 Å². The van der Waals surface area contributed by atoms with Crippen molar-refractivity contribution in [2.24, 2.45) is 11.8 Å². The average Bonchev–Trinajstić information content (AvgIpc) is 2.42. The van der Waals surface area contributed by atoms with Crippen LogP contribution in [0.2, 0.25) is 0 Å². The summed E-state index contributed by atoms with van der Waals surface area (Å²) >= 11 is 0. The molecule has 4 nitrogen and oxygen atoms in total. The van der Waals surface area contributed by atoms with Gasteiger partial charge in [0.25, 0.3) is 0 Å². The quantitative estimate of drug-likeness (QED) is 0.769. The van der Waals surface area contributed by atoms with Crippen molar-refractivity contribution in [3.05, 3.63) is 23.8 Å². The van der Waals surface area contributed by atoms with Crippen molar-refractivity contribution in [3.63, 3.8) is 0 Å². The van der Waals surface area contributed by atoms with E-state index in [0.29, 0.717) is 23.6 Å². The standard InChI is InChI=1S/C15H23NO3/c1-10(2)13(9-16-3)15(17)12-8-11(18-4)6-7-14(12)19-5/h6-8,10,13,16H,9H2,1-5H3. The van der Waals surface area contributed by atoms with E-state index in [4.69, 9.17) is 9.47 Å². The monoisotopic (exact) mass is 265 g/mol. The van der Waals surface area contributed by atoms with Gasteiger partial charge in [0.2, 0.25) is 0 Å². The number of Topliss-reactive ketones (excluding diaryl/α,β-unsaturated/α-hetero) is 1. The molecule has 0 heterocycles. The van der Waals surface area contributed by atoms with Crippen LogP contribution in [0.3, 0.4) is 0 Å². The molecule has 1 rings (SSSR count). The van der Waals surface area contributed by atoms with Crippen LogP contribution in [-0.4, -0.2) is 33.6 Å². The molecule has 1 aromatic carbocycles. The third-order valence-corrected chi connectivity index (χ3v) is 3.24. The van der Waals surface area contributed by atoms with Gasteiger partial charge in [-0.1, -0.05) is 13.8 Å². The van der Waals surface area contributed by atoms with E-state index >= 15 is 0 Å². The number of carbonyl (C=O) groups excluding carboxylic acids is 1. The lowest BCUT2D eigenvalue weighted by atomic mass is 9.87. The second-order valence-electron chi connectivity index (χ2n) is 4.84. The van der Waals surface area contributed by atoms with E-state index in [9.17, 15) is 4.79 Å². The summed E-state index contributed by atoms with van der Waals surface area (Å²) in [6, 6.07) is 5.30. The lowest BCUT2D eigenvalue weighted by Crippen LogP contribution is -2.30. The van der Waals surface area contributed by atoms with Gasteiger partial charge in [0.05, 0.1) is 19.8 Å². The maximum Gasteiger partial charge on any atom is 0.171 e. The molecule has 0 aliphatic carbocycles. The van der Waals surface area contributed by atoms with Crippen molar-refractivity contribution in [2.75, 3.05) is 27.8 Å². The smallest absolute Gasteiger partial charge is 0.171 e. The highest BCUT2D eigenvalue weighted by molar-refractivity contribution is 6.01. The van der Waals surface area contributed by atoms with Crippen LogP contribution in [0.5, 0.6) is 11.5 Å². The van der Waals surface area contributed by atoms with Crippen molar-refractivity contribution >= 4 is 5.78 Å². The number of benzene rings is 1. The average molecular weight is 265 g/mol. The first kappa shape index (κ1) is 15.5.